The van der Waals surface area contributed by atoms with E-state index >= 15 is 0 Å². The minimum atomic E-state index is -3.44. The van der Waals surface area contributed by atoms with Crippen LogP contribution in [0.1, 0.15) is 54.7 Å². The first-order valence-corrected chi connectivity index (χ1v) is 16.0. The third-order valence-corrected chi connectivity index (χ3v) is 10.3. The Labute approximate surface area is 239 Å². The zero-order valence-electron chi connectivity index (χ0n) is 23.6. The minimum Gasteiger partial charge on any atom is -0.497 e. The fourth-order valence-electron chi connectivity index (χ4n) is 6.49. The van der Waals surface area contributed by atoms with Gasteiger partial charge in [0.05, 0.1) is 19.1 Å². The topological polar surface area (TPSA) is 76.7 Å². The number of hydrogen-bond acceptors (Lipinski definition) is 5. The standard InChI is InChI=1S/C33H42N2O4S/c1-38-28-17-18-30-26(20-28)16-19-32(31(30)21-27-8-6-7-11-33(27)39-2)34-22-24-12-14-25(15-13-24)23-35-40(36,37)29-9-4-3-5-10-29/h3-11,17-18,20,24-25,31-32,34-35H,12-16,19,21-23H2,1-2H3. The van der Waals surface area contributed by atoms with Gasteiger partial charge in [-0.1, -0.05) is 42.5 Å². The molecule has 0 bridgehead atoms. The van der Waals surface area contributed by atoms with Gasteiger partial charge < -0.3 is 14.8 Å². The minimum absolute atomic E-state index is 0.336. The molecule has 2 unspecified atom stereocenters. The van der Waals surface area contributed by atoms with E-state index < -0.39 is 10.0 Å². The van der Waals surface area contributed by atoms with Crippen LogP contribution in [0.2, 0.25) is 0 Å². The molecule has 2 aliphatic rings. The molecule has 0 spiro atoms. The lowest BCUT2D eigenvalue weighted by molar-refractivity contribution is 0.252. The molecule has 0 heterocycles. The molecule has 2 aliphatic carbocycles. The Bertz CT molecular complexity index is 1350. The fourth-order valence-corrected chi connectivity index (χ4v) is 7.63. The predicted octanol–water partition coefficient (Wildman–Crippen LogP) is 5.72. The number of ether oxygens (including phenoxy) is 2. The summed E-state index contributed by atoms with van der Waals surface area (Å²) in [5, 5.41) is 3.98. The number of sulfonamides is 1. The van der Waals surface area contributed by atoms with Crippen LogP contribution in [0.4, 0.5) is 0 Å². The summed E-state index contributed by atoms with van der Waals surface area (Å²) in [7, 11) is 0.0345. The van der Waals surface area contributed by atoms with Crippen LogP contribution in [0.25, 0.3) is 0 Å². The number of methoxy groups -OCH3 is 2. The molecule has 5 rings (SSSR count). The van der Waals surface area contributed by atoms with Crippen molar-refractivity contribution in [2.75, 3.05) is 27.3 Å². The highest BCUT2D eigenvalue weighted by Gasteiger charge is 2.32. The smallest absolute Gasteiger partial charge is 0.240 e. The van der Waals surface area contributed by atoms with Gasteiger partial charge in [-0.15, -0.1) is 0 Å². The molecule has 3 aromatic carbocycles. The van der Waals surface area contributed by atoms with Crippen molar-refractivity contribution in [3.8, 4) is 11.5 Å². The Balaban J connectivity index is 1.18. The fraction of sp³-hybridized carbons (Fsp3) is 0.455. The van der Waals surface area contributed by atoms with Gasteiger partial charge in [0.2, 0.25) is 10.0 Å². The van der Waals surface area contributed by atoms with Gasteiger partial charge in [-0.2, -0.15) is 0 Å². The van der Waals surface area contributed by atoms with Crippen molar-refractivity contribution >= 4 is 10.0 Å². The van der Waals surface area contributed by atoms with Crippen LogP contribution < -0.4 is 19.5 Å². The van der Waals surface area contributed by atoms with Crippen LogP contribution in [0, 0.1) is 11.8 Å². The molecule has 0 aromatic heterocycles. The summed E-state index contributed by atoms with van der Waals surface area (Å²) in [6.45, 7) is 1.52. The number of fused-ring (bicyclic) bond motifs is 1. The van der Waals surface area contributed by atoms with Crippen LogP contribution >= 0.6 is 0 Å². The summed E-state index contributed by atoms with van der Waals surface area (Å²) in [5.41, 5.74) is 4.03. The van der Waals surface area contributed by atoms with Crippen LogP contribution in [-0.2, 0) is 22.9 Å². The number of nitrogens with one attached hydrogen (secondary N) is 2. The van der Waals surface area contributed by atoms with E-state index in [0.29, 0.717) is 35.2 Å². The highest BCUT2D eigenvalue weighted by Crippen LogP contribution is 2.38. The highest BCUT2D eigenvalue weighted by molar-refractivity contribution is 7.89. The maximum absolute atomic E-state index is 12.6. The first-order chi connectivity index (χ1) is 19.5. The van der Waals surface area contributed by atoms with E-state index in [-0.39, 0.29) is 0 Å². The summed E-state index contributed by atoms with van der Waals surface area (Å²) in [5.74, 6) is 3.23. The molecule has 214 valence electrons. The van der Waals surface area contributed by atoms with Gasteiger partial charge in [-0.05, 0) is 110 Å². The lowest BCUT2D eigenvalue weighted by atomic mass is 9.75. The molecule has 0 aliphatic heterocycles. The van der Waals surface area contributed by atoms with Gasteiger partial charge in [0.25, 0.3) is 0 Å². The van der Waals surface area contributed by atoms with Crippen molar-refractivity contribution in [2.24, 2.45) is 11.8 Å². The van der Waals surface area contributed by atoms with E-state index in [0.717, 1.165) is 63.0 Å². The van der Waals surface area contributed by atoms with Gasteiger partial charge in [-0.3, -0.25) is 0 Å². The lowest BCUT2D eigenvalue weighted by Crippen LogP contribution is -2.42. The van der Waals surface area contributed by atoms with E-state index in [4.69, 9.17) is 9.47 Å². The number of aryl methyl sites for hydroxylation is 1. The molecule has 6 nitrogen and oxygen atoms in total. The number of hydrogen-bond donors (Lipinski definition) is 2. The summed E-state index contributed by atoms with van der Waals surface area (Å²) in [4.78, 5) is 0.336. The monoisotopic (exact) mass is 562 g/mol. The second-order valence-corrected chi connectivity index (χ2v) is 13.1. The van der Waals surface area contributed by atoms with Crippen molar-refractivity contribution in [1.29, 1.82) is 0 Å². The second-order valence-electron chi connectivity index (χ2n) is 11.3. The van der Waals surface area contributed by atoms with Crippen molar-refractivity contribution < 1.29 is 17.9 Å². The SMILES string of the molecule is COc1ccc2c(c1)CCC(NCC1CCC(CNS(=O)(=O)c3ccccc3)CC1)C2Cc1ccccc1OC. The first kappa shape index (κ1) is 28.7. The van der Waals surface area contributed by atoms with E-state index in [9.17, 15) is 8.42 Å². The summed E-state index contributed by atoms with van der Waals surface area (Å²) < 4.78 is 39.3. The zero-order chi connectivity index (χ0) is 28.0. The Morgan fingerprint density at radius 1 is 0.800 bits per heavy atom. The third-order valence-electron chi connectivity index (χ3n) is 8.84. The molecular formula is C33H42N2O4S. The Morgan fingerprint density at radius 2 is 1.50 bits per heavy atom. The van der Waals surface area contributed by atoms with Crippen LogP contribution in [0.5, 0.6) is 11.5 Å². The summed E-state index contributed by atoms with van der Waals surface area (Å²) >= 11 is 0. The molecule has 2 atom stereocenters. The highest BCUT2D eigenvalue weighted by atomic mass is 32.2. The normalized spacial score (nSPS) is 22.9. The third kappa shape index (κ3) is 6.88. The van der Waals surface area contributed by atoms with Crippen molar-refractivity contribution in [1.82, 2.24) is 10.0 Å². The Kier molecular flexibility index (Phi) is 9.45. The number of rotatable bonds is 11. The maximum atomic E-state index is 12.6. The Hall–Kier alpha value is -2.87. The molecule has 1 saturated carbocycles. The molecular weight excluding hydrogens is 520 g/mol. The van der Waals surface area contributed by atoms with Gasteiger partial charge >= 0.3 is 0 Å². The van der Waals surface area contributed by atoms with E-state index in [1.165, 1.54) is 16.7 Å². The van der Waals surface area contributed by atoms with Gasteiger partial charge in [0, 0.05) is 18.5 Å². The van der Waals surface area contributed by atoms with Gasteiger partial charge in [-0.25, -0.2) is 13.1 Å². The zero-order valence-corrected chi connectivity index (χ0v) is 24.5. The van der Waals surface area contributed by atoms with Crippen molar-refractivity contribution in [3.05, 3.63) is 89.5 Å². The lowest BCUT2D eigenvalue weighted by Gasteiger charge is -2.37. The first-order valence-electron chi connectivity index (χ1n) is 14.5. The van der Waals surface area contributed by atoms with E-state index in [1.54, 1.807) is 38.5 Å². The number of benzene rings is 3. The molecule has 0 saturated heterocycles. The largest absolute Gasteiger partial charge is 0.497 e. The molecule has 7 heteroatoms. The summed E-state index contributed by atoms with van der Waals surface area (Å²) in [6, 6.07) is 23.9. The number of para-hydroxylation sites is 1. The van der Waals surface area contributed by atoms with Crippen LogP contribution in [0.3, 0.4) is 0 Å². The molecule has 2 N–H and O–H groups in total. The van der Waals surface area contributed by atoms with Gasteiger partial charge in [0.1, 0.15) is 11.5 Å². The van der Waals surface area contributed by atoms with E-state index in [2.05, 4.69) is 40.4 Å². The van der Waals surface area contributed by atoms with E-state index in [1.807, 2.05) is 18.2 Å². The van der Waals surface area contributed by atoms with Crippen LogP contribution in [-0.4, -0.2) is 41.8 Å². The van der Waals surface area contributed by atoms with Crippen molar-refractivity contribution in [3.63, 3.8) is 0 Å². The quantitative estimate of drug-likeness (QED) is 0.313. The molecule has 40 heavy (non-hydrogen) atoms. The molecule has 0 amide bonds. The molecule has 1 fully saturated rings. The van der Waals surface area contributed by atoms with Crippen molar-refractivity contribution in [2.45, 2.75) is 61.8 Å². The maximum Gasteiger partial charge on any atom is 0.240 e. The molecule has 0 radical (unpaired) electrons. The Morgan fingerprint density at radius 3 is 2.23 bits per heavy atom. The predicted molar refractivity (Wildman–Crippen MR) is 160 cm³/mol. The average molecular weight is 563 g/mol. The average Bonchev–Trinajstić information content (AvgIpc) is 3.00. The second kappa shape index (κ2) is 13.2. The summed E-state index contributed by atoms with van der Waals surface area (Å²) in [6.07, 6.45) is 7.43. The van der Waals surface area contributed by atoms with Gasteiger partial charge in [0.15, 0.2) is 0 Å². The molecule has 3 aromatic rings. The van der Waals surface area contributed by atoms with Crippen LogP contribution in [0.15, 0.2) is 77.7 Å².